The number of thiophene rings is 1. The molecule has 0 fully saturated rings. The van der Waals surface area contributed by atoms with Gasteiger partial charge >= 0.3 is 0 Å². The van der Waals surface area contributed by atoms with E-state index in [0.717, 1.165) is 11.3 Å². The van der Waals surface area contributed by atoms with Gasteiger partial charge in [0, 0.05) is 26.4 Å². The number of benzene rings is 2. The van der Waals surface area contributed by atoms with E-state index >= 15 is 0 Å². The SMILES string of the molecule is CC(C)(C)n1c2oc3ccccc3c2c2c3ccccc3sc21. The van der Waals surface area contributed by atoms with Crippen molar-refractivity contribution in [2.24, 2.45) is 0 Å². The number of fused-ring (bicyclic) bond motifs is 7. The molecule has 0 amide bonds. The lowest BCUT2D eigenvalue weighted by molar-refractivity contribution is 0.405. The highest BCUT2D eigenvalue weighted by atomic mass is 32.1. The van der Waals surface area contributed by atoms with Gasteiger partial charge in [-0.3, -0.25) is 4.57 Å². The summed E-state index contributed by atoms with van der Waals surface area (Å²) in [6.07, 6.45) is 0. The molecule has 0 aliphatic carbocycles. The van der Waals surface area contributed by atoms with Crippen LogP contribution >= 0.6 is 11.3 Å². The van der Waals surface area contributed by atoms with Crippen LogP contribution in [0.2, 0.25) is 0 Å². The van der Waals surface area contributed by atoms with Crippen molar-refractivity contribution < 1.29 is 4.42 Å². The van der Waals surface area contributed by atoms with E-state index in [1.54, 1.807) is 0 Å². The lowest BCUT2D eigenvalue weighted by Gasteiger charge is -2.21. The van der Waals surface area contributed by atoms with Crippen molar-refractivity contribution in [3.05, 3.63) is 48.5 Å². The zero-order chi connectivity index (χ0) is 15.8. The molecule has 0 bridgehead atoms. The van der Waals surface area contributed by atoms with Gasteiger partial charge in [-0.25, -0.2) is 0 Å². The van der Waals surface area contributed by atoms with Gasteiger partial charge in [-0.05, 0) is 32.9 Å². The van der Waals surface area contributed by atoms with E-state index in [1.807, 2.05) is 17.4 Å². The molecule has 0 N–H and O–H groups in total. The van der Waals surface area contributed by atoms with Crippen molar-refractivity contribution >= 4 is 53.7 Å². The Labute approximate surface area is 137 Å². The van der Waals surface area contributed by atoms with Crippen LogP contribution in [0.3, 0.4) is 0 Å². The number of rotatable bonds is 0. The van der Waals surface area contributed by atoms with Gasteiger partial charge in [-0.1, -0.05) is 36.4 Å². The zero-order valence-electron chi connectivity index (χ0n) is 13.4. The molecule has 0 unspecified atom stereocenters. The maximum absolute atomic E-state index is 6.27. The third-order valence-electron chi connectivity index (χ3n) is 4.48. The van der Waals surface area contributed by atoms with Crippen LogP contribution in [0.25, 0.3) is 42.4 Å². The van der Waals surface area contributed by atoms with Gasteiger partial charge in [0.05, 0.1) is 5.39 Å². The number of para-hydroxylation sites is 1. The summed E-state index contributed by atoms with van der Waals surface area (Å²) in [5.74, 6) is 0. The fourth-order valence-corrected chi connectivity index (χ4v) is 4.96. The maximum atomic E-state index is 6.27. The first kappa shape index (κ1) is 13.2. The third kappa shape index (κ3) is 1.63. The first-order valence-electron chi connectivity index (χ1n) is 7.89. The molecular weight excluding hydrogens is 302 g/mol. The van der Waals surface area contributed by atoms with E-state index in [1.165, 1.54) is 31.1 Å². The average Bonchev–Trinajstić information content (AvgIpc) is 3.11. The van der Waals surface area contributed by atoms with Crippen LogP contribution in [-0.4, -0.2) is 4.57 Å². The van der Waals surface area contributed by atoms with E-state index in [9.17, 15) is 0 Å². The van der Waals surface area contributed by atoms with Crippen molar-refractivity contribution in [2.45, 2.75) is 26.3 Å². The molecule has 0 saturated carbocycles. The first-order chi connectivity index (χ1) is 11.1. The summed E-state index contributed by atoms with van der Waals surface area (Å²) in [6.45, 7) is 6.72. The molecule has 5 rings (SSSR count). The maximum Gasteiger partial charge on any atom is 0.210 e. The molecule has 3 heterocycles. The number of hydrogen-bond donors (Lipinski definition) is 0. The van der Waals surface area contributed by atoms with Crippen molar-refractivity contribution in [3.8, 4) is 0 Å². The van der Waals surface area contributed by atoms with Gasteiger partial charge in [0.2, 0.25) is 5.71 Å². The highest BCUT2D eigenvalue weighted by molar-refractivity contribution is 7.25. The van der Waals surface area contributed by atoms with Crippen LogP contribution in [0.5, 0.6) is 0 Å². The van der Waals surface area contributed by atoms with Gasteiger partial charge in [-0.2, -0.15) is 0 Å². The highest BCUT2D eigenvalue weighted by Crippen LogP contribution is 2.46. The summed E-state index contributed by atoms with van der Waals surface area (Å²) in [6, 6.07) is 17.0. The van der Waals surface area contributed by atoms with E-state index < -0.39 is 0 Å². The van der Waals surface area contributed by atoms with Gasteiger partial charge < -0.3 is 4.42 Å². The van der Waals surface area contributed by atoms with E-state index in [0.29, 0.717) is 0 Å². The molecule has 2 aromatic carbocycles. The summed E-state index contributed by atoms with van der Waals surface area (Å²) < 4.78 is 9.97. The molecule has 0 saturated heterocycles. The second-order valence-electron chi connectivity index (χ2n) is 7.06. The Kier molecular flexibility index (Phi) is 2.40. The smallest absolute Gasteiger partial charge is 0.210 e. The number of nitrogens with zero attached hydrogens (tertiary/aromatic N) is 1. The fourth-order valence-electron chi connectivity index (χ4n) is 3.56. The lowest BCUT2D eigenvalue weighted by Crippen LogP contribution is -2.20. The predicted octanol–water partition coefficient (Wildman–Crippen LogP) is 6.51. The minimum atomic E-state index is -0.0330. The second kappa shape index (κ2) is 4.18. The summed E-state index contributed by atoms with van der Waals surface area (Å²) >= 11 is 1.86. The Balaban J connectivity index is 2.16. The molecule has 0 radical (unpaired) electrons. The van der Waals surface area contributed by atoms with Crippen molar-refractivity contribution in [2.75, 3.05) is 0 Å². The second-order valence-corrected chi connectivity index (χ2v) is 8.09. The quantitative estimate of drug-likeness (QED) is 0.318. The van der Waals surface area contributed by atoms with Gasteiger partial charge in [0.15, 0.2) is 0 Å². The molecular formula is C20H17NOS. The van der Waals surface area contributed by atoms with Crippen LogP contribution in [-0.2, 0) is 5.54 Å². The minimum Gasteiger partial charge on any atom is -0.439 e. The molecule has 5 aromatic rings. The number of aromatic nitrogens is 1. The Hall–Kier alpha value is -2.26. The van der Waals surface area contributed by atoms with Gasteiger partial charge in [-0.15, -0.1) is 11.3 Å². The standard InChI is InChI=1S/C20H17NOS/c1-20(2,3)21-18-16(12-8-4-6-10-14(12)22-18)17-13-9-5-7-11-15(13)23-19(17)21/h4-11H,1-3H3. The molecule has 0 aliphatic heterocycles. The fraction of sp³-hybridized carbons (Fsp3) is 0.200. The Bertz CT molecular complexity index is 1110. The van der Waals surface area contributed by atoms with E-state index in [2.05, 4.69) is 67.8 Å². The molecule has 0 aliphatic rings. The molecule has 3 aromatic heterocycles. The molecule has 0 atom stereocenters. The summed E-state index contributed by atoms with van der Waals surface area (Å²) in [7, 11) is 0. The van der Waals surface area contributed by atoms with E-state index in [4.69, 9.17) is 4.42 Å². The van der Waals surface area contributed by atoms with Crippen LogP contribution < -0.4 is 0 Å². The summed E-state index contributed by atoms with van der Waals surface area (Å²) in [5, 5.41) is 5.12. The van der Waals surface area contributed by atoms with Crippen molar-refractivity contribution in [3.63, 3.8) is 0 Å². The Morgan fingerprint density at radius 1 is 0.870 bits per heavy atom. The van der Waals surface area contributed by atoms with Crippen LogP contribution in [0.15, 0.2) is 52.9 Å². The molecule has 2 nitrogen and oxygen atoms in total. The predicted molar refractivity (Wildman–Crippen MR) is 99.6 cm³/mol. The van der Waals surface area contributed by atoms with E-state index in [-0.39, 0.29) is 5.54 Å². The number of hydrogen-bond acceptors (Lipinski definition) is 2. The molecule has 23 heavy (non-hydrogen) atoms. The average molecular weight is 319 g/mol. The van der Waals surface area contributed by atoms with Crippen molar-refractivity contribution in [1.29, 1.82) is 0 Å². The zero-order valence-corrected chi connectivity index (χ0v) is 14.2. The largest absolute Gasteiger partial charge is 0.439 e. The van der Waals surface area contributed by atoms with Gasteiger partial charge in [0.1, 0.15) is 10.4 Å². The topological polar surface area (TPSA) is 18.1 Å². The Morgan fingerprint density at radius 2 is 1.57 bits per heavy atom. The van der Waals surface area contributed by atoms with Crippen LogP contribution in [0.1, 0.15) is 20.8 Å². The monoisotopic (exact) mass is 319 g/mol. The number of furan rings is 1. The molecule has 3 heteroatoms. The first-order valence-corrected chi connectivity index (χ1v) is 8.71. The molecule has 0 spiro atoms. The van der Waals surface area contributed by atoms with Crippen LogP contribution in [0, 0.1) is 0 Å². The summed E-state index contributed by atoms with van der Waals surface area (Å²) in [5.41, 5.74) is 1.92. The molecule has 114 valence electrons. The Morgan fingerprint density at radius 3 is 2.35 bits per heavy atom. The third-order valence-corrected chi connectivity index (χ3v) is 5.64. The normalized spacial score (nSPS) is 13.0. The van der Waals surface area contributed by atoms with Gasteiger partial charge in [0.25, 0.3) is 0 Å². The van der Waals surface area contributed by atoms with Crippen LogP contribution in [0.4, 0.5) is 0 Å². The summed E-state index contributed by atoms with van der Waals surface area (Å²) in [4.78, 5) is 1.30. The lowest BCUT2D eigenvalue weighted by atomic mass is 10.1. The minimum absolute atomic E-state index is 0.0330. The van der Waals surface area contributed by atoms with Crippen molar-refractivity contribution in [1.82, 2.24) is 4.57 Å². The highest BCUT2D eigenvalue weighted by Gasteiger charge is 2.27.